The van der Waals surface area contributed by atoms with Crippen molar-refractivity contribution in [3.8, 4) is 0 Å². The van der Waals surface area contributed by atoms with Crippen LogP contribution in [-0.2, 0) is 23.7 Å². The molecule has 0 N–H and O–H groups in total. The number of hydrogen-bond donors (Lipinski definition) is 0. The van der Waals surface area contributed by atoms with E-state index in [-0.39, 0.29) is 5.97 Å². The molecule has 5 heteroatoms. The molecule has 0 saturated heterocycles. The van der Waals surface area contributed by atoms with Crippen molar-refractivity contribution in [2.45, 2.75) is 39.5 Å². The molecule has 0 bridgehead atoms. The maximum absolute atomic E-state index is 11.0. The number of hydrogen-bond acceptors (Lipinski definition) is 5. The summed E-state index contributed by atoms with van der Waals surface area (Å²) in [5.41, 5.74) is 0. The SMILES string of the molecule is CCCCOCCOCCOCCCC(=O)OCC. The molecule has 0 aliphatic carbocycles. The predicted molar refractivity (Wildman–Crippen MR) is 73.2 cm³/mol. The van der Waals surface area contributed by atoms with Crippen molar-refractivity contribution in [3.05, 3.63) is 0 Å². The first-order chi connectivity index (χ1) is 9.31. The molecule has 0 heterocycles. The summed E-state index contributed by atoms with van der Waals surface area (Å²) in [6.07, 6.45) is 3.36. The second-order valence-electron chi connectivity index (χ2n) is 4.10. The molecule has 0 aromatic carbocycles. The number of carbonyl (C=O) groups excluding carboxylic acids is 1. The fraction of sp³-hybridized carbons (Fsp3) is 0.929. The Kier molecular flexibility index (Phi) is 14.9. The van der Waals surface area contributed by atoms with Gasteiger partial charge in [0.05, 0.1) is 33.0 Å². The van der Waals surface area contributed by atoms with E-state index in [1.54, 1.807) is 6.92 Å². The smallest absolute Gasteiger partial charge is 0.305 e. The standard InChI is InChI=1S/C14H28O5/c1-3-5-8-16-10-12-18-13-11-17-9-6-7-14(15)19-4-2/h3-13H2,1-2H3. The molecule has 0 amide bonds. The first kappa shape index (κ1) is 18.4. The van der Waals surface area contributed by atoms with Gasteiger partial charge in [-0.1, -0.05) is 13.3 Å². The molecular weight excluding hydrogens is 248 g/mol. The van der Waals surface area contributed by atoms with E-state index in [4.69, 9.17) is 18.9 Å². The van der Waals surface area contributed by atoms with Crippen LogP contribution in [0.3, 0.4) is 0 Å². The van der Waals surface area contributed by atoms with Crippen LogP contribution in [0.2, 0.25) is 0 Å². The Balaban J connectivity index is 3.01. The van der Waals surface area contributed by atoms with E-state index in [9.17, 15) is 4.79 Å². The lowest BCUT2D eigenvalue weighted by molar-refractivity contribution is -0.143. The van der Waals surface area contributed by atoms with Crippen LogP contribution in [0.5, 0.6) is 0 Å². The minimum absolute atomic E-state index is 0.161. The maximum Gasteiger partial charge on any atom is 0.305 e. The summed E-state index contributed by atoms with van der Waals surface area (Å²) >= 11 is 0. The molecule has 0 aromatic rings. The number of esters is 1. The van der Waals surface area contributed by atoms with Crippen molar-refractivity contribution in [2.24, 2.45) is 0 Å². The van der Waals surface area contributed by atoms with Crippen LogP contribution in [-0.4, -0.2) is 52.2 Å². The fourth-order valence-electron chi connectivity index (χ4n) is 1.34. The van der Waals surface area contributed by atoms with E-state index in [2.05, 4.69) is 6.92 Å². The Hall–Kier alpha value is -0.650. The predicted octanol–water partition coefficient (Wildman–Crippen LogP) is 2.18. The second kappa shape index (κ2) is 15.4. The zero-order chi connectivity index (χ0) is 14.2. The first-order valence-electron chi connectivity index (χ1n) is 7.20. The van der Waals surface area contributed by atoms with Crippen molar-refractivity contribution in [2.75, 3.05) is 46.2 Å². The molecule has 0 rings (SSSR count). The average molecular weight is 276 g/mol. The van der Waals surface area contributed by atoms with Crippen molar-refractivity contribution in [1.82, 2.24) is 0 Å². The topological polar surface area (TPSA) is 54.0 Å². The van der Waals surface area contributed by atoms with Crippen LogP contribution >= 0.6 is 0 Å². The Morgan fingerprint density at radius 1 is 0.789 bits per heavy atom. The number of unbranched alkanes of at least 4 members (excludes halogenated alkanes) is 1. The molecule has 5 nitrogen and oxygen atoms in total. The minimum Gasteiger partial charge on any atom is -0.466 e. The zero-order valence-corrected chi connectivity index (χ0v) is 12.3. The average Bonchev–Trinajstić information content (AvgIpc) is 2.40. The summed E-state index contributed by atoms with van der Waals surface area (Å²) in [5.74, 6) is -0.161. The summed E-state index contributed by atoms with van der Waals surface area (Å²) in [6, 6.07) is 0. The molecule has 0 saturated carbocycles. The highest BCUT2D eigenvalue weighted by molar-refractivity contribution is 5.69. The third-order valence-electron chi connectivity index (χ3n) is 2.36. The van der Waals surface area contributed by atoms with Crippen LogP contribution in [0.25, 0.3) is 0 Å². The van der Waals surface area contributed by atoms with Crippen molar-refractivity contribution < 1.29 is 23.7 Å². The van der Waals surface area contributed by atoms with E-state index in [0.29, 0.717) is 52.5 Å². The third-order valence-corrected chi connectivity index (χ3v) is 2.36. The molecule has 0 aromatic heterocycles. The van der Waals surface area contributed by atoms with E-state index in [0.717, 1.165) is 19.4 Å². The molecule has 0 aliphatic heterocycles. The molecule has 114 valence electrons. The molecule has 0 unspecified atom stereocenters. The van der Waals surface area contributed by atoms with Gasteiger partial charge in [0, 0.05) is 19.6 Å². The van der Waals surface area contributed by atoms with Gasteiger partial charge < -0.3 is 18.9 Å². The molecular formula is C14H28O5. The van der Waals surface area contributed by atoms with Gasteiger partial charge in [-0.15, -0.1) is 0 Å². The van der Waals surface area contributed by atoms with Crippen LogP contribution in [0.1, 0.15) is 39.5 Å². The largest absolute Gasteiger partial charge is 0.466 e. The summed E-state index contributed by atoms with van der Waals surface area (Å²) < 4.78 is 20.8. The van der Waals surface area contributed by atoms with Crippen molar-refractivity contribution in [1.29, 1.82) is 0 Å². The number of rotatable bonds is 14. The highest BCUT2D eigenvalue weighted by atomic mass is 16.5. The van der Waals surface area contributed by atoms with E-state index in [1.807, 2.05) is 0 Å². The first-order valence-corrected chi connectivity index (χ1v) is 7.20. The number of ether oxygens (including phenoxy) is 4. The molecule has 0 fully saturated rings. The van der Waals surface area contributed by atoms with Crippen LogP contribution < -0.4 is 0 Å². The van der Waals surface area contributed by atoms with Gasteiger partial charge in [0.2, 0.25) is 0 Å². The lowest BCUT2D eigenvalue weighted by Crippen LogP contribution is -2.11. The summed E-state index contributed by atoms with van der Waals surface area (Å²) in [5, 5.41) is 0. The zero-order valence-electron chi connectivity index (χ0n) is 12.3. The summed E-state index contributed by atoms with van der Waals surface area (Å²) in [7, 11) is 0. The monoisotopic (exact) mass is 276 g/mol. The van der Waals surface area contributed by atoms with Crippen LogP contribution in [0.15, 0.2) is 0 Å². The van der Waals surface area contributed by atoms with E-state index >= 15 is 0 Å². The van der Waals surface area contributed by atoms with Crippen LogP contribution in [0.4, 0.5) is 0 Å². The normalized spacial score (nSPS) is 10.6. The Morgan fingerprint density at radius 2 is 1.32 bits per heavy atom. The van der Waals surface area contributed by atoms with E-state index in [1.165, 1.54) is 0 Å². The van der Waals surface area contributed by atoms with Gasteiger partial charge in [-0.25, -0.2) is 0 Å². The maximum atomic E-state index is 11.0. The highest BCUT2D eigenvalue weighted by Crippen LogP contribution is 1.94. The Morgan fingerprint density at radius 3 is 1.84 bits per heavy atom. The Bertz CT molecular complexity index is 196. The lowest BCUT2D eigenvalue weighted by atomic mass is 10.3. The Labute approximate surface area is 116 Å². The molecule has 0 spiro atoms. The third kappa shape index (κ3) is 15.3. The second-order valence-corrected chi connectivity index (χ2v) is 4.10. The van der Waals surface area contributed by atoms with Gasteiger partial charge in [-0.2, -0.15) is 0 Å². The van der Waals surface area contributed by atoms with Gasteiger partial charge in [0.25, 0.3) is 0 Å². The molecule has 0 radical (unpaired) electrons. The minimum atomic E-state index is -0.161. The quantitative estimate of drug-likeness (QED) is 0.359. The van der Waals surface area contributed by atoms with Gasteiger partial charge in [0.15, 0.2) is 0 Å². The molecule has 0 atom stereocenters. The lowest BCUT2D eigenvalue weighted by Gasteiger charge is -2.06. The van der Waals surface area contributed by atoms with E-state index < -0.39 is 0 Å². The van der Waals surface area contributed by atoms with Crippen molar-refractivity contribution in [3.63, 3.8) is 0 Å². The highest BCUT2D eigenvalue weighted by Gasteiger charge is 2.00. The van der Waals surface area contributed by atoms with Gasteiger partial charge in [-0.3, -0.25) is 4.79 Å². The van der Waals surface area contributed by atoms with Gasteiger partial charge in [-0.05, 0) is 19.8 Å². The fourth-order valence-corrected chi connectivity index (χ4v) is 1.34. The van der Waals surface area contributed by atoms with Gasteiger partial charge >= 0.3 is 5.97 Å². The number of carbonyl (C=O) groups is 1. The molecule has 19 heavy (non-hydrogen) atoms. The summed E-state index contributed by atoms with van der Waals surface area (Å²) in [6.45, 7) is 8.12. The van der Waals surface area contributed by atoms with Crippen molar-refractivity contribution >= 4 is 5.97 Å². The molecule has 0 aliphatic rings. The van der Waals surface area contributed by atoms with Crippen LogP contribution in [0, 0.1) is 0 Å². The van der Waals surface area contributed by atoms with Gasteiger partial charge in [0.1, 0.15) is 0 Å². The summed E-state index contributed by atoms with van der Waals surface area (Å²) in [4.78, 5) is 11.0.